The number of hydrogen-bond donors (Lipinski definition) is 1. The molecule has 2 aliphatic rings. The van der Waals surface area contributed by atoms with Crippen LogP contribution in [0.15, 0.2) is 12.1 Å². The van der Waals surface area contributed by atoms with Crippen molar-refractivity contribution in [3.8, 4) is 0 Å². The third-order valence-electron chi connectivity index (χ3n) is 4.65. The first-order valence-corrected chi connectivity index (χ1v) is 8.70. The summed E-state index contributed by atoms with van der Waals surface area (Å²) in [7, 11) is 0. The molecule has 3 heteroatoms. The fraction of sp³-hybridized carbons (Fsp3) is 0.750. The Hall–Kier alpha value is -0.380. The highest BCUT2D eigenvalue weighted by molar-refractivity contribution is 7.11. The molecule has 2 saturated heterocycles. The molecular formula is C16H26N2S. The standard InChI is InChI=1S/C16H26N2S/c1-2-14-7-8-15(19-14)12-18-10-4-5-13(11-18)16-6-3-9-17-16/h7-8,13,16-17H,2-6,9-12H2,1H3. The van der Waals surface area contributed by atoms with Crippen LogP contribution in [0.2, 0.25) is 0 Å². The molecule has 2 atom stereocenters. The van der Waals surface area contributed by atoms with E-state index in [2.05, 4.69) is 29.3 Å². The van der Waals surface area contributed by atoms with E-state index in [9.17, 15) is 0 Å². The lowest BCUT2D eigenvalue weighted by Crippen LogP contribution is -2.43. The van der Waals surface area contributed by atoms with Crippen LogP contribution in [0.25, 0.3) is 0 Å². The summed E-state index contributed by atoms with van der Waals surface area (Å²) in [6, 6.07) is 5.44. The molecule has 2 nitrogen and oxygen atoms in total. The van der Waals surface area contributed by atoms with E-state index >= 15 is 0 Å². The number of aryl methyl sites for hydroxylation is 1. The molecule has 0 bridgehead atoms. The van der Waals surface area contributed by atoms with Gasteiger partial charge in [-0.1, -0.05) is 6.92 Å². The van der Waals surface area contributed by atoms with E-state index < -0.39 is 0 Å². The minimum Gasteiger partial charge on any atom is -0.314 e. The molecule has 0 aromatic carbocycles. The Labute approximate surface area is 121 Å². The van der Waals surface area contributed by atoms with Crippen LogP contribution in [-0.2, 0) is 13.0 Å². The Morgan fingerprint density at radius 2 is 2.16 bits per heavy atom. The number of thiophene rings is 1. The zero-order chi connectivity index (χ0) is 13.1. The van der Waals surface area contributed by atoms with Crippen LogP contribution in [0.3, 0.4) is 0 Å². The molecule has 0 aliphatic carbocycles. The number of likely N-dealkylation sites (tertiary alicyclic amines) is 1. The molecule has 0 amide bonds. The van der Waals surface area contributed by atoms with Crippen molar-refractivity contribution < 1.29 is 0 Å². The van der Waals surface area contributed by atoms with E-state index in [0.29, 0.717) is 0 Å². The van der Waals surface area contributed by atoms with Crippen molar-refractivity contribution in [3.63, 3.8) is 0 Å². The second-order valence-corrected chi connectivity index (χ2v) is 7.31. The van der Waals surface area contributed by atoms with Gasteiger partial charge in [-0.05, 0) is 63.2 Å². The molecule has 2 fully saturated rings. The second kappa shape index (κ2) is 6.38. The second-order valence-electron chi connectivity index (χ2n) is 6.06. The molecule has 3 rings (SSSR count). The number of nitrogens with one attached hydrogen (secondary N) is 1. The highest BCUT2D eigenvalue weighted by Gasteiger charge is 2.28. The van der Waals surface area contributed by atoms with Crippen LogP contribution in [-0.4, -0.2) is 30.6 Å². The Morgan fingerprint density at radius 3 is 2.89 bits per heavy atom. The van der Waals surface area contributed by atoms with Crippen LogP contribution in [0, 0.1) is 5.92 Å². The average molecular weight is 278 g/mol. The Bertz CT molecular complexity index is 395. The molecule has 0 radical (unpaired) electrons. The van der Waals surface area contributed by atoms with Gasteiger partial charge in [-0.15, -0.1) is 11.3 Å². The summed E-state index contributed by atoms with van der Waals surface area (Å²) in [4.78, 5) is 5.76. The molecule has 1 N–H and O–H groups in total. The molecule has 0 spiro atoms. The van der Waals surface area contributed by atoms with Crippen LogP contribution in [0.4, 0.5) is 0 Å². The van der Waals surface area contributed by atoms with E-state index in [-0.39, 0.29) is 0 Å². The third-order valence-corrected chi connectivity index (χ3v) is 5.87. The van der Waals surface area contributed by atoms with Gasteiger partial charge in [0.2, 0.25) is 0 Å². The van der Waals surface area contributed by atoms with Gasteiger partial charge in [-0.25, -0.2) is 0 Å². The third kappa shape index (κ3) is 3.39. The van der Waals surface area contributed by atoms with Gasteiger partial charge < -0.3 is 5.32 Å². The summed E-state index contributed by atoms with van der Waals surface area (Å²) in [6.07, 6.45) is 6.77. The summed E-state index contributed by atoms with van der Waals surface area (Å²) in [5, 5.41) is 3.70. The zero-order valence-corrected chi connectivity index (χ0v) is 12.8. The molecule has 3 heterocycles. The number of rotatable bonds is 4. The smallest absolute Gasteiger partial charge is 0.0328 e. The van der Waals surface area contributed by atoms with Gasteiger partial charge in [0.25, 0.3) is 0 Å². The van der Waals surface area contributed by atoms with Gasteiger partial charge in [0.15, 0.2) is 0 Å². The molecule has 2 aliphatic heterocycles. The van der Waals surface area contributed by atoms with Crippen molar-refractivity contribution in [3.05, 3.63) is 21.9 Å². The number of hydrogen-bond acceptors (Lipinski definition) is 3. The summed E-state index contributed by atoms with van der Waals surface area (Å²) in [6.45, 7) is 7.26. The van der Waals surface area contributed by atoms with Crippen LogP contribution >= 0.6 is 11.3 Å². The van der Waals surface area contributed by atoms with E-state index in [1.165, 1.54) is 63.2 Å². The van der Waals surface area contributed by atoms with Crippen molar-refractivity contribution in [2.75, 3.05) is 19.6 Å². The topological polar surface area (TPSA) is 15.3 Å². The summed E-state index contributed by atoms with van der Waals surface area (Å²) >= 11 is 2.00. The first-order valence-electron chi connectivity index (χ1n) is 7.88. The molecule has 1 aromatic heterocycles. The maximum Gasteiger partial charge on any atom is 0.0328 e. The van der Waals surface area contributed by atoms with Crippen molar-refractivity contribution in [2.45, 2.75) is 51.6 Å². The highest BCUT2D eigenvalue weighted by Crippen LogP contribution is 2.27. The van der Waals surface area contributed by atoms with Crippen LogP contribution in [0.5, 0.6) is 0 Å². The fourth-order valence-electron chi connectivity index (χ4n) is 3.59. The lowest BCUT2D eigenvalue weighted by molar-refractivity contribution is 0.146. The summed E-state index contributed by atoms with van der Waals surface area (Å²) < 4.78 is 0. The Morgan fingerprint density at radius 1 is 1.26 bits per heavy atom. The highest BCUT2D eigenvalue weighted by atomic mass is 32.1. The predicted octanol–water partition coefficient (Wildman–Crippen LogP) is 3.27. The number of nitrogens with zero attached hydrogens (tertiary/aromatic N) is 1. The first kappa shape index (κ1) is 13.6. The van der Waals surface area contributed by atoms with Crippen molar-refractivity contribution in [1.29, 1.82) is 0 Å². The van der Waals surface area contributed by atoms with E-state index in [4.69, 9.17) is 0 Å². The number of piperidine rings is 1. The lowest BCUT2D eigenvalue weighted by atomic mass is 9.90. The molecule has 2 unspecified atom stereocenters. The minimum absolute atomic E-state index is 0.803. The summed E-state index contributed by atoms with van der Waals surface area (Å²) in [5.41, 5.74) is 0. The molecule has 0 saturated carbocycles. The maximum absolute atomic E-state index is 3.70. The Kier molecular flexibility index (Phi) is 4.57. The van der Waals surface area contributed by atoms with Gasteiger partial charge in [-0.3, -0.25) is 4.90 Å². The molecular weight excluding hydrogens is 252 g/mol. The van der Waals surface area contributed by atoms with Crippen LogP contribution in [0.1, 0.15) is 42.4 Å². The molecule has 1 aromatic rings. The quantitative estimate of drug-likeness (QED) is 0.909. The molecule has 106 valence electrons. The van der Waals surface area contributed by atoms with E-state index in [1.807, 2.05) is 11.3 Å². The largest absolute Gasteiger partial charge is 0.314 e. The normalized spacial score (nSPS) is 28.9. The summed E-state index contributed by atoms with van der Waals surface area (Å²) in [5.74, 6) is 0.891. The monoisotopic (exact) mass is 278 g/mol. The average Bonchev–Trinajstić information content (AvgIpc) is 3.10. The van der Waals surface area contributed by atoms with Crippen molar-refractivity contribution in [1.82, 2.24) is 10.2 Å². The fourth-order valence-corrected chi connectivity index (χ4v) is 4.60. The van der Waals surface area contributed by atoms with Gasteiger partial charge in [0, 0.05) is 28.9 Å². The predicted molar refractivity (Wildman–Crippen MR) is 82.7 cm³/mol. The van der Waals surface area contributed by atoms with Crippen molar-refractivity contribution >= 4 is 11.3 Å². The van der Waals surface area contributed by atoms with Crippen molar-refractivity contribution in [2.24, 2.45) is 5.92 Å². The molecule has 19 heavy (non-hydrogen) atoms. The van der Waals surface area contributed by atoms with E-state index in [1.54, 1.807) is 4.88 Å². The first-order chi connectivity index (χ1) is 9.35. The van der Waals surface area contributed by atoms with Gasteiger partial charge in [0.1, 0.15) is 0 Å². The van der Waals surface area contributed by atoms with Gasteiger partial charge >= 0.3 is 0 Å². The maximum atomic E-state index is 3.70. The zero-order valence-electron chi connectivity index (χ0n) is 12.0. The lowest BCUT2D eigenvalue weighted by Gasteiger charge is -2.35. The Balaban J connectivity index is 1.55. The van der Waals surface area contributed by atoms with E-state index in [0.717, 1.165) is 12.0 Å². The SMILES string of the molecule is CCc1ccc(CN2CCCC(C3CCCN3)C2)s1. The van der Waals surface area contributed by atoms with Gasteiger partial charge in [-0.2, -0.15) is 0 Å². The van der Waals surface area contributed by atoms with Crippen LogP contribution < -0.4 is 5.32 Å². The minimum atomic E-state index is 0.803. The van der Waals surface area contributed by atoms with Gasteiger partial charge in [0.05, 0.1) is 0 Å².